The first kappa shape index (κ1) is 66.8. The van der Waals surface area contributed by atoms with Crippen molar-refractivity contribution in [3.8, 4) is 0 Å². The number of esters is 2. The van der Waals surface area contributed by atoms with Gasteiger partial charge in [0.25, 0.3) is 6.29 Å². The zero-order valence-electron chi connectivity index (χ0n) is 46.2. The van der Waals surface area contributed by atoms with Crippen molar-refractivity contribution in [3.63, 3.8) is 0 Å². The van der Waals surface area contributed by atoms with Gasteiger partial charge in [-0.2, -0.15) is 0 Å². The summed E-state index contributed by atoms with van der Waals surface area (Å²) in [6.45, 7) is 4.89. The summed E-state index contributed by atoms with van der Waals surface area (Å²) in [4.78, 5) is 37.3. The van der Waals surface area contributed by atoms with Crippen LogP contribution in [0.1, 0.15) is 284 Å². The maximum absolute atomic E-state index is 12.8. The highest BCUT2D eigenvalue weighted by Crippen LogP contribution is 2.17. The van der Waals surface area contributed by atoms with Crippen LogP contribution in [0, 0.1) is 0 Å². The molecule has 406 valence electrons. The molecule has 9 nitrogen and oxygen atoms in total. The van der Waals surface area contributed by atoms with E-state index in [1.807, 2.05) is 21.1 Å². The van der Waals surface area contributed by atoms with Gasteiger partial charge in [-0.05, 0) is 44.9 Å². The lowest BCUT2D eigenvalue weighted by molar-refractivity contribution is -0.870. The van der Waals surface area contributed by atoms with Gasteiger partial charge in [-0.25, -0.2) is 4.79 Å². The van der Waals surface area contributed by atoms with E-state index in [2.05, 4.69) is 38.2 Å². The second-order valence-electron chi connectivity index (χ2n) is 21.3. The number of hydrogen-bond donors (Lipinski definition) is 1. The van der Waals surface area contributed by atoms with Crippen LogP contribution >= 0.6 is 0 Å². The van der Waals surface area contributed by atoms with Crippen LogP contribution in [-0.2, 0) is 33.3 Å². The Labute approximate surface area is 427 Å². The van der Waals surface area contributed by atoms with Gasteiger partial charge in [-0.3, -0.25) is 9.59 Å². The molecule has 0 rings (SSSR count). The van der Waals surface area contributed by atoms with Crippen molar-refractivity contribution in [1.29, 1.82) is 0 Å². The fraction of sp³-hybridized carbons (Fsp3) is 0.883. The van der Waals surface area contributed by atoms with E-state index in [0.717, 1.165) is 44.9 Å². The summed E-state index contributed by atoms with van der Waals surface area (Å²) in [6, 6.07) is 0. The van der Waals surface area contributed by atoms with Gasteiger partial charge < -0.3 is 28.5 Å². The minimum absolute atomic E-state index is 0.175. The van der Waals surface area contributed by atoms with Gasteiger partial charge in [-0.1, -0.05) is 250 Å². The van der Waals surface area contributed by atoms with Crippen molar-refractivity contribution >= 4 is 17.9 Å². The van der Waals surface area contributed by atoms with Crippen molar-refractivity contribution in [2.75, 3.05) is 47.5 Å². The van der Waals surface area contributed by atoms with E-state index in [0.29, 0.717) is 17.4 Å². The Morgan fingerprint density at radius 2 is 0.783 bits per heavy atom. The second kappa shape index (κ2) is 52.1. The molecule has 1 N–H and O–H groups in total. The first-order chi connectivity index (χ1) is 33.6. The number of quaternary nitrogens is 1. The monoisotopic (exact) mass is 977 g/mol. The summed E-state index contributed by atoms with van der Waals surface area (Å²) in [5.74, 6) is -1.99. The van der Waals surface area contributed by atoms with Gasteiger partial charge in [0.2, 0.25) is 0 Å². The van der Waals surface area contributed by atoms with Crippen LogP contribution < -0.4 is 0 Å². The van der Waals surface area contributed by atoms with Crippen LogP contribution in [0.2, 0.25) is 0 Å². The molecule has 0 amide bonds. The molecule has 0 bridgehead atoms. The average molecular weight is 978 g/mol. The number of likely N-dealkylation sites (N-methyl/N-ethyl adjacent to an activating group) is 1. The SMILES string of the molecule is CCCCCCC/C=C\C/C=C\CCCCCCCCCCCCCCCCCCCCCCCC(=O)OC(COC(=O)CCCCCCCCCCCCC)COC(OCC[N+](C)(C)C)C(=O)O. The molecule has 0 saturated carbocycles. The fourth-order valence-corrected chi connectivity index (χ4v) is 8.63. The number of unbranched alkanes of at least 4 members (excludes halogenated alkanes) is 36. The fourth-order valence-electron chi connectivity index (χ4n) is 8.63. The molecule has 0 fully saturated rings. The van der Waals surface area contributed by atoms with Crippen molar-refractivity contribution in [1.82, 2.24) is 0 Å². The second-order valence-corrected chi connectivity index (χ2v) is 21.3. The lowest BCUT2D eigenvalue weighted by Crippen LogP contribution is -2.40. The van der Waals surface area contributed by atoms with Crippen molar-refractivity contribution in [2.45, 2.75) is 296 Å². The van der Waals surface area contributed by atoms with E-state index in [9.17, 15) is 19.5 Å². The number of aliphatic carboxylic acids is 1. The Morgan fingerprint density at radius 3 is 1.14 bits per heavy atom. The number of carbonyl (C=O) groups is 3. The highest BCUT2D eigenvalue weighted by Gasteiger charge is 2.25. The van der Waals surface area contributed by atoms with Gasteiger partial charge in [0, 0.05) is 12.8 Å². The minimum atomic E-state index is -1.50. The van der Waals surface area contributed by atoms with E-state index in [1.54, 1.807) is 0 Å². The zero-order chi connectivity index (χ0) is 50.6. The number of carboxylic acid groups (broad SMARTS) is 1. The third-order valence-corrected chi connectivity index (χ3v) is 13.2. The summed E-state index contributed by atoms with van der Waals surface area (Å²) >= 11 is 0. The van der Waals surface area contributed by atoms with Crippen LogP contribution in [0.5, 0.6) is 0 Å². The van der Waals surface area contributed by atoms with E-state index in [4.69, 9.17) is 18.9 Å². The Bertz CT molecular complexity index is 1180. The zero-order valence-corrected chi connectivity index (χ0v) is 46.2. The van der Waals surface area contributed by atoms with Gasteiger partial charge in [-0.15, -0.1) is 0 Å². The van der Waals surface area contributed by atoms with E-state index in [1.165, 1.54) is 212 Å². The quantitative estimate of drug-likeness (QED) is 0.0211. The number of allylic oxidation sites excluding steroid dienone is 4. The van der Waals surface area contributed by atoms with Crippen LogP contribution in [-0.4, -0.2) is 87.4 Å². The van der Waals surface area contributed by atoms with Crippen molar-refractivity contribution in [2.24, 2.45) is 0 Å². The highest BCUT2D eigenvalue weighted by molar-refractivity contribution is 5.71. The van der Waals surface area contributed by atoms with Gasteiger partial charge >= 0.3 is 17.9 Å². The predicted molar refractivity (Wildman–Crippen MR) is 291 cm³/mol. The first-order valence-electron chi connectivity index (χ1n) is 29.5. The molecule has 0 aliphatic rings. The van der Waals surface area contributed by atoms with Gasteiger partial charge in [0.05, 0.1) is 34.4 Å². The summed E-state index contributed by atoms with van der Waals surface area (Å²) in [7, 11) is 5.97. The van der Waals surface area contributed by atoms with Crippen molar-refractivity contribution < 1.29 is 42.9 Å². The number of ether oxygens (including phenoxy) is 4. The molecule has 9 heteroatoms. The van der Waals surface area contributed by atoms with Crippen LogP contribution in [0.4, 0.5) is 0 Å². The number of carbonyl (C=O) groups excluding carboxylic acids is 2. The Morgan fingerprint density at radius 1 is 0.435 bits per heavy atom. The van der Waals surface area contributed by atoms with Gasteiger partial charge in [0.15, 0.2) is 6.10 Å². The molecule has 69 heavy (non-hydrogen) atoms. The van der Waals surface area contributed by atoms with E-state index in [-0.39, 0.29) is 38.2 Å². The molecule has 0 aromatic rings. The smallest absolute Gasteiger partial charge is 0.361 e. The van der Waals surface area contributed by atoms with Crippen LogP contribution in [0.15, 0.2) is 24.3 Å². The van der Waals surface area contributed by atoms with Crippen molar-refractivity contribution in [3.05, 3.63) is 24.3 Å². The third kappa shape index (κ3) is 53.4. The average Bonchev–Trinajstić information content (AvgIpc) is 3.31. The molecule has 0 saturated heterocycles. The highest BCUT2D eigenvalue weighted by atomic mass is 16.7. The molecule has 0 aliphatic carbocycles. The molecule has 2 unspecified atom stereocenters. The van der Waals surface area contributed by atoms with Crippen LogP contribution in [0.3, 0.4) is 0 Å². The molecule has 0 heterocycles. The molecular weight excluding hydrogens is 863 g/mol. The first-order valence-corrected chi connectivity index (χ1v) is 29.5. The van der Waals surface area contributed by atoms with E-state index < -0.39 is 18.4 Å². The lowest BCUT2D eigenvalue weighted by atomic mass is 10.0. The topological polar surface area (TPSA) is 108 Å². The maximum atomic E-state index is 12.8. The molecule has 2 atom stereocenters. The molecule has 0 aromatic carbocycles. The van der Waals surface area contributed by atoms with Crippen LogP contribution in [0.25, 0.3) is 0 Å². The third-order valence-electron chi connectivity index (χ3n) is 13.2. The number of rotatable bonds is 55. The molecule has 0 radical (unpaired) electrons. The summed E-state index contributed by atoms with van der Waals surface area (Å²) in [5, 5.41) is 9.67. The molecular formula is C60H114NO8+. The maximum Gasteiger partial charge on any atom is 0.361 e. The Kier molecular flexibility index (Phi) is 50.4. The summed E-state index contributed by atoms with van der Waals surface area (Å²) < 4.78 is 22.8. The molecule has 0 aromatic heterocycles. The lowest BCUT2D eigenvalue weighted by Gasteiger charge is -2.25. The van der Waals surface area contributed by atoms with E-state index >= 15 is 0 Å². The molecule has 0 aliphatic heterocycles. The normalized spacial score (nSPS) is 12.9. The Balaban J connectivity index is 4.00. The number of hydrogen-bond acceptors (Lipinski definition) is 7. The minimum Gasteiger partial charge on any atom is -0.477 e. The summed E-state index contributed by atoms with van der Waals surface area (Å²) in [6.07, 6.45) is 58.5. The predicted octanol–water partition coefficient (Wildman–Crippen LogP) is 17.1. The number of nitrogens with zero attached hydrogens (tertiary/aromatic N) is 1. The molecule has 0 spiro atoms. The standard InChI is InChI=1S/C60H113NO8/c1-6-8-10-12-14-16-18-19-20-21-22-23-24-25-26-27-28-29-30-31-32-33-34-35-36-37-38-39-41-43-45-47-49-51-58(63)69-56(55-68-60(59(64)65)66-53-52-61(3,4)5)54-67-57(62)50-48-46-44-42-40-17-15-13-11-9-7-2/h18-19,21-22,56,60H,6-17,20,23-55H2,1-5H3/p+1/b19-18-,22-21-. The summed E-state index contributed by atoms with van der Waals surface area (Å²) in [5.41, 5.74) is 0. The Hall–Kier alpha value is -2.23. The number of carboxylic acids is 1. The largest absolute Gasteiger partial charge is 0.477 e. The van der Waals surface area contributed by atoms with Gasteiger partial charge in [0.1, 0.15) is 13.2 Å².